The first kappa shape index (κ1) is 53.2. The summed E-state index contributed by atoms with van der Waals surface area (Å²) in [6, 6.07) is 0. The standard InChI is InChI=1S/C23H36O5.C23H34O5.C2H2/c1-6-8-9-10-13-16-20-23(4,18(3)21(24)28-20)22(25)27-17-14-11-12-15-19(7-2)26-5;1-6-8-9-10-11-15-20-23(4,18(3)21(24)28-20)22(25)27-17-19(13-7-2)14-12-16-26-5;1-2/h7,11-12,20H,3,6,8-10,13-17H2,1-2,4-5H3;7,12-14,16,20H,3,6,8-11,15,17H2,1-2,4-5H3;1-2H/b12-11-,19-7+;13-7-,16-12+,19-14+;/t20-,23+;20?,23-;/m10./s1. The molecule has 0 radical (unpaired) electrons. The zero-order valence-electron chi connectivity index (χ0n) is 36.7. The van der Waals surface area contributed by atoms with E-state index >= 15 is 0 Å². The Labute approximate surface area is 349 Å². The fourth-order valence-electron chi connectivity index (χ4n) is 6.43. The van der Waals surface area contributed by atoms with Gasteiger partial charge in [-0.2, -0.15) is 0 Å². The summed E-state index contributed by atoms with van der Waals surface area (Å²) in [5.41, 5.74) is -1.07. The summed E-state index contributed by atoms with van der Waals surface area (Å²) >= 11 is 0. The molecule has 0 aromatic rings. The molecule has 2 fully saturated rings. The molecule has 2 rings (SSSR count). The van der Waals surface area contributed by atoms with Crippen molar-refractivity contribution in [3.05, 3.63) is 84.4 Å². The highest BCUT2D eigenvalue weighted by atomic mass is 16.6. The van der Waals surface area contributed by atoms with Crippen LogP contribution in [0.25, 0.3) is 0 Å². The van der Waals surface area contributed by atoms with Crippen molar-refractivity contribution in [1.29, 1.82) is 0 Å². The highest BCUT2D eigenvalue weighted by molar-refractivity contribution is 6.01. The fourth-order valence-corrected chi connectivity index (χ4v) is 6.43. The molecule has 324 valence electrons. The van der Waals surface area contributed by atoms with Crippen LogP contribution in [0.3, 0.4) is 0 Å². The third-order valence-electron chi connectivity index (χ3n) is 10.4. The molecule has 10 heteroatoms. The largest absolute Gasteiger partial charge is 0.504 e. The molecule has 0 saturated carbocycles. The van der Waals surface area contributed by atoms with E-state index in [1.165, 1.54) is 31.9 Å². The van der Waals surface area contributed by atoms with Gasteiger partial charge in [0.2, 0.25) is 0 Å². The molecule has 0 amide bonds. The first-order chi connectivity index (χ1) is 27.8. The zero-order chi connectivity index (χ0) is 44.0. The summed E-state index contributed by atoms with van der Waals surface area (Å²) in [6.45, 7) is 19.5. The first-order valence-electron chi connectivity index (χ1n) is 20.7. The Hall–Kier alpha value is -4.78. The fraction of sp³-hybridized carbons (Fsp3) is 0.583. The van der Waals surface area contributed by atoms with Crippen molar-refractivity contribution in [3.8, 4) is 12.8 Å². The minimum absolute atomic E-state index is 0.0948. The molecule has 0 N–H and O–H groups in total. The average Bonchev–Trinajstić information content (AvgIpc) is 3.59. The number of hydrogen-bond donors (Lipinski definition) is 0. The quantitative estimate of drug-likeness (QED) is 0.0129. The van der Waals surface area contributed by atoms with Crippen LogP contribution in [0.15, 0.2) is 84.4 Å². The Morgan fingerprint density at radius 2 is 1.28 bits per heavy atom. The molecule has 2 saturated heterocycles. The van der Waals surface area contributed by atoms with Crippen LogP contribution < -0.4 is 0 Å². The summed E-state index contributed by atoms with van der Waals surface area (Å²) < 4.78 is 31.9. The number of esters is 4. The second-order valence-electron chi connectivity index (χ2n) is 14.5. The molecule has 2 aliphatic heterocycles. The first-order valence-corrected chi connectivity index (χ1v) is 20.7. The molecule has 0 bridgehead atoms. The van der Waals surface area contributed by atoms with Crippen LogP contribution in [0.2, 0.25) is 0 Å². The number of terminal acetylenes is 1. The molecular weight excluding hydrogens is 737 g/mol. The number of hydrogen-bond acceptors (Lipinski definition) is 10. The molecule has 0 aromatic heterocycles. The lowest BCUT2D eigenvalue weighted by molar-refractivity contribution is -0.158. The number of unbranched alkanes of at least 4 members (excludes halogenated alkanes) is 8. The van der Waals surface area contributed by atoms with E-state index in [4.69, 9.17) is 28.4 Å². The van der Waals surface area contributed by atoms with Crippen molar-refractivity contribution in [2.45, 2.75) is 144 Å². The SMILES string of the molecule is C#C.C=C1C(=O)OC(CCCCCCC)[C@@]1(C)C(=O)OCC(/C=C\C)=C/C=C/OC.C=C1C(=O)O[C@H](CCCCCCC)[C@@]1(C)C(=O)OCC/C=C\C/C(=C\C)OC. The van der Waals surface area contributed by atoms with Crippen LogP contribution in [0, 0.1) is 23.7 Å². The minimum atomic E-state index is -1.15. The van der Waals surface area contributed by atoms with Gasteiger partial charge in [0.1, 0.15) is 29.6 Å². The number of cyclic esters (lactones) is 2. The maximum atomic E-state index is 12.9. The lowest BCUT2D eigenvalue weighted by Gasteiger charge is -2.27. The number of ether oxygens (including phenoxy) is 6. The monoisotopic (exact) mass is 809 g/mol. The Balaban J connectivity index is 0.00000107. The minimum Gasteiger partial charge on any atom is -0.504 e. The van der Waals surface area contributed by atoms with Gasteiger partial charge >= 0.3 is 23.9 Å². The predicted molar refractivity (Wildman–Crippen MR) is 231 cm³/mol. The number of carbonyl (C=O) groups is 4. The van der Waals surface area contributed by atoms with Gasteiger partial charge in [0.05, 0.1) is 44.0 Å². The van der Waals surface area contributed by atoms with Gasteiger partial charge in [0, 0.05) is 6.42 Å². The van der Waals surface area contributed by atoms with E-state index in [1.54, 1.807) is 40.2 Å². The van der Waals surface area contributed by atoms with Crippen LogP contribution in [-0.4, -0.2) is 63.5 Å². The van der Waals surface area contributed by atoms with Gasteiger partial charge < -0.3 is 28.4 Å². The zero-order valence-corrected chi connectivity index (χ0v) is 36.7. The summed E-state index contributed by atoms with van der Waals surface area (Å²) in [5.74, 6) is -1.02. The van der Waals surface area contributed by atoms with Gasteiger partial charge in [-0.3, -0.25) is 9.59 Å². The summed E-state index contributed by atoms with van der Waals surface area (Å²) in [6.07, 6.45) is 35.2. The maximum absolute atomic E-state index is 12.9. The van der Waals surface area contributed by atoms with Crippen molar-refractivity contribution in [3.63, 3.8) is 0 Å². The highest BCUT2D eigenvalue weighted by Gasteiger charge is 2.56. The van der Waals surface area contributed by atoms with Gasteiger partial charge in [0.25, 0.3) is 0 Å². The second-order valence-corrected chi connectivity index (χ2v) is 14.5. The topological polar surface area (TPSA) is 124 Å². The van der Waals surface area contributed by atoms with E-state index in [0.717, 1.165) is 49.9 Å². The molecule has 2 aliphatic rings. The molecule has 0 aliphatic carbocycles. The second kappa shape index (κ2) is 30.3. The van der Waals surface area contributed by atoms with Gasteiger partial charge in [-0.05, 0) is 77.5 Å². The van der Waals surface area contributed by atoms with Crippen LogP contribution in [0.1, 0.15) is 131 Å². The van der Waals surface area contributed by atoms with Crippen molar-refractivity contribution in [1.82, 2.24) is 0 Å². The molecule has 0 aromatic carbocycles. The molecule has 1 unspecified atom stereocenters. The summed E-state index contributed by atoms with van der Waals surface area (Å²) in [5, 5.41) is 0. The van der Waals surface area contributed by atoms with E-state index < -0.39 is 46.9 Å². The number of methoxy groups -OCH3 is 2. The third kappa shape index (κ3) is 17.0. The van der Waals surface area contributed by atoms with Crippen LogP contribution in [-0.2, 0) is 47.6 Å². The Bertz CT molecular complexity index is 1480. The Morgan fingerprint density at radius 1 is 0.776 bits per heavy atom. The van der Waals surface area contributed by atoms with Crippen molar-refractivity contribution >= 4 is 23.9 Å². The van der Waals surface area contributed by atoms with Crippen molar-refractivity contribution in [2.75, 3.05) is 27.4 Å². The van der Waals surface area contributed by atoms with Gasteiger partial charge in [-0.15, -0.1) is 12.8 Å². The predicted octanol–water partition coefficient (Wildman–Crippen LogP) is 10.6. The average molecular weight is 809 g/mol. The van der Waals surface area contributed by atoms with E-state index in [1.807, 2.05) is 44.2 Å². The molecule has 0 spiro atoms. The molecule has 4 atom stereocenters. The van der Waals surface area contributed by atoms with Crippen molar-refractivity contribution < 1.29 is 47.6 Å². The van der Waals surface area contributed by atoms with Crippen molar-refractivity contribution in [2.24, 2.45) is 10.8 Å². The van der Waals surface area contributed by atoms with E-state index in [9.17, 15) is 19.2 Å². The molecular formula is C48H72O10. The normalized spacial score (nSPS) is 22.0. The Kier molecular flexibility index (Phi) is 27.8. The van der Waals surface area contributed by atoms with Gasteiger partial charge in [-0.25, -0.2) is 9.59 Å². The Morgan fingerprint density at radius 3 is 1.72 bits per heavy atom. The molecule has 58 heavy (non-hydrogen) atoms. The maximum Gasteiger partial charge on any atom is 0.335 e. The molecule has 2 heterocycles. The summed E-state index contributed by atoms with van der Waals surface area (Å²) in [7, 11) is 3.20. The smallest absolute Gasteiger partial charge is 0.335 e. The third-order valence-corrected chi connectivity index (χ3v) is 10.4. The van der Waals surface area contributed by atoms with E-state index in [0.29, 0.717) is 25.7 Å². The van der Waals surface area contributed by atoms with E-state index in [-0.39, 0.29) is 24.4 Å². The lowest BCUT2D eigenvalue weighted by atomic mass is 9.78. The van der Waals surface area contributed by atoms with E-state index in [2.05, 4.69) is 39.9 Å². The molecule has 10 nitrogen and oxygen atoms in total. The lowest BCUT2D eigenvalue weighted by Crippen LogP contribution is -2.39. The van der Waals surface area contributed by atoms with Gasteiger partial charge in [-0.1, -0.05) is 109 Å². The van der Waals surface area contributed by atoms with Gasteiger partial charge in [0.15, 0.2) is 0 Å². The number of carbonyl (C=O) groups excluding carboxylic acids is 4. The van der Waals surface area contributed by atoms with Crippen LogP contribution >= 0.6 is 0 Å². The highest BCUT2D eigenvalue weighted by Crippen LogP contribution is 2.44. The van der Waals surface area contributed by atoms with Crippen LogP contribution in [0.4, 0.5) is 0 Å². The number of allylic oxidation sites excluding steroid dienone is 5. The number of rotatable bonds is 25. The van der Waals surface area contributed by atoms with Crippen LogP contribution in [0.5, 0.6) is 0 Å². The summed E-state index contributed by atoms with van der Waals surface area (Å²) in [4.78, 5) is 49.7.